The van der Waals surface area contributed by atoms with Crippen molar-refractivity contribution in [2.45, 2.75) is 44.3 Å². The Labute approximate surface area is 220 Å². The molecular weight excluding hydrogens is 519 g/mol. The average Bonchev–Trinajstić information content (AvgIpc) is 3.43. The van der Waals surface area contributed by atoms with E-state index >= 15 is 0 Å². The molecule has 2 aromatic carbocycles. The molecule has 12 heteroatoms. The van der Waals surface area contributed by atoms with Crippen LogP contribution in [0.1, 0.15) is 23.2 Å². The maximum Gasteiger partial charge on any atom is 0.416 e. The van der Waals surface area contributed by atoms with E-state index in [0.717, 1.165) is 22.3 Å². The monoisotopic (exact) mass is 545 g/mol. The fourth-order valence-electron chi connectivity index (χ4n) is 4.65. The third kappa shape index (κ3) is 5.30. The highest BCUT2D eigenvalue weighted by Gasteiger charge is 2.41. The molecule has 5 rings (SSSR count). The van der Waals surface area contributed by atoms with Crippen LogP contribution in [0, 0.1) is 12.8 Å². The van der Waals surface area contributed by atoms with Gasteiger partial charge in [-0.25, -0.2) is 9.97 Å². The molecule has 2 heterocycles. The van der Waals surface area contributed by atoms with Gasteiger partial charge in [0.15, 0.2) is 0 Å². The molecule has 38 heavy (non-hydrogen) atoms. The molecule has 1 aliphatic carbocycles. The number of anilines is 2. The van der Waals surface area contributed by atoms with Crippen molar-refractivity contribution in [2.24, 2.45) is 5.92 Å². The predicted molar refractivity (Wildman–Crippen MR) is 139 cm³/mol. The minimum Gasteiger partial charge on any atom is -0.396 e. The second kappa shape index (κ2) is 10.4. The molecule has 1 fully saturated rings. The van der Waals surface area contributed by atoms with Crippen LogP contribution in [0.25, 0.3) is 20.8 Å². The highest BCUT2D eigenvalue weighted by Crippen LogP contribution is 2.38. The molecule has 1 aliphatic rings. The van der Waals surface area contributed by atoms with Crippen molar-refractivity contribution in [2.75, 3.05) is 17.2 Å². The van der Waals surface area contributed by atoms with Crippen molar-refractivity contribution in [1.29, 1.82) is 0 Å². The second-order valence-electron chi connectivity index (χ2n) is 9.31. The molecule has 200 valence electrons. The van der Waals surface area contributed by atoms with E-state index in [1.54, 1.807) is 13.0 Å². The number of alkyl halides is 3. The lowest BCUT2D eigenvalue weighted by molar-refractivity contribution is -0.137. The molecule has 4 atom stereocenters. The van der Waals surface area contributed by atoms with Gasteiger partial charge >= 0.3 is 6.18 Å². The SMILES string of the molecule is Cc1nc(NCc2cccc(C(F)(F)F)c2)nc(N[C@@H]2C[C@H](CO)[C@@H](O)[C@H]2O)c1-c1nc2ccccc2s1. The molecule has 8 nitrogen and oxygen atoms in total. The van der Waals surface area contributed by atoms with Gasteiger partial charge in [-0.3, -0.25) is 0 Å². The summed E-state index contributed by atoms with van der Waals surface area (Å²) in [6.45, 7) is 1.56. The Kier molecular flexibility index (Phi) is 7.23. The van der Waals surface area contributed by atoms with Gasteiger partial charge in [0.1, 0.15) is 16.9 Å². The summed E-state index contributed by atoms with van der Waals surface area (Å²) < 4.78 is 40.3. The number of halogens is 3. The van der Waals surface area contributed by atoms with Crippen molar-refractivity contribution in [3.05, 3.63) is 65.4 Å². The largest absolute Gasteiger partial charge is 0.416 e. The van der Waals surface area contributed by atoms with Crippen molar-refractivity contribution < 1.29 is 28.5 Å². The number of hydrogen-bond acceptors (Lipinski definition) is 9. The summed E-state index contributed by atoms with van der Waals surface area (Å²) >= 11 is 1.45. The Morgan fingerprint density at radius 1 is 1.03 bits per heavy atom. The van der Waals surface area contributed by atoms with Crippen LogP contribution in [0.3, 0.4) is 0 Å². The van der Waals surface area contributed by atoms with Crippen molar-refractivity contribution in [3.8, 4) is 10.6 Å². The van der Waals surface area contributed by atoms with Crippen LogP contribution in [0.5, 0.6) is 0 Å². The highest BCUT2D eigenvalue weighted by atomic mass is 32.1. The van der Waals surface area contributed by atoms with Crippen molar-refractivity contribution in [1.82, 2.24) is 15.0 Å². The summed E-state index contributed by atoms with van der Waals surface area (Å²) in [6.07, 6.45) is -6.36. The minimum absolute atomic E-state index is 0.0562. The first-order valence-electron chi connectivity index (χ1n) is 12.0. The zero-order valence-electron chi connectivity index (χ0n) is 20.3. The number of rotatable bonds is 7. The summed E-state index contributed by atoms with van der Waals surface area (Å²) in [5, 5.41) is 37.3. The standard InChI is InChI=1S/C26H26F3N5O3S/c1-13-20(24-33-17-7-2-3-8-19(17)38-24)23(32-18-10-15(12-35)21(36)22(18)37)34-25(31-13)30-11-14-5-4-6-16(9-14)26(27,28)29/h2-9,15,18,21-22,35-37H,10-12H2,1H3,(H2,30,31,32,34)/t15-,18-,21-,22+/m1/s1. The molecule has 2 aromatic heterocycles. The normalized spacial score (nSPS) is 21.7. The number of fused-ring (bicyclic) bond motifs is 1. The van der Waals surface area contributed by atoms with Crippen LogP contribution in [-0.4, -0.2) is 55.1 Å². The maximum atomic E-state index is 13.1. The second-order valence-corrected chi connectivity index (χ2v) is 10.3. The fourth-order valence-corrected chi connectivity index (χ4v) is 5.72. The quantitative estimate of drug-likeness (QED) is 0.234. The summed E-state index contributed by atoms with van der Waals surface area (Å²) in [4.78, 5) is 13.9. The molecule has 4 aromatic rings. The van der Waals surface area contributed by atoms with Gasteiger partial charge in [0, 0.05) is 19.1 Å². The van der Waals surface area contributed by atoms with Crippen LogP contribution in [-0.2, 0) is 12.7 Å². The number of aliphatic hydroxyl groups is 3. The van der Waals surface area contributed by atoms with E-state index in [1.807, 2.05) is 24.3 Å². The van der Waals surface area contributed by atoms with Crippen LogP contribution in [0.4, 0.5) is 24.9 Å². The van der Waals surface area contributed by atoms with Crippen molar-refractivity contribution in [3.63, 3.8) is 0 Å². The van der Waals surface area contributed by atoms with E-state index in [4.69, 9.17) is 4.98 Å². The molecule has 5 N–H and O–H groups in total. The highest BCUT2D eigenvalue weighted by molar-refractivity contribution is 7.21. The van der Waals surface area contributed by atoms with Gasteiger partial charge in [0.2, 0.25) is 5.95 Å². The number of benzene rings is 2. The van der Waals surface area contributed by atoms with Gasteiger partial charge in [-0.1, -0.05) is 24.3 Å². The Hall–Kier alpha value is -3.32. The lowest BCUT2D eigenvalue weighted by Gasteiger charge is -2.21. The van der Waals surface area contributed by atoms with Crippen molar-refractivity contribution >= 4 is 33.3 Å². The third-order valence-electron chi connectivity index (χ3n) is 6.66. The Balaban J connectivity index is 1.49. The minimum atomic E-state index is -4.45. The first-order chi connectivity index (χ1) is 18.1. The van der Waals surface area contributed by atoms with Gasteiger partial charge in [-0.05, 0) is 43.2 Å². The van der Waals surface area contributed by atoms with Crippen LogP contribution >= 0.6 is 11.3 Å². The van der Waals surface area contributed by atoms with Crippen LogP contribution in [0.15, 0.2) is 48.5 Å². The molecular formula is C26H26F3N5O3S. The number of para-hydroxylation sites is 1. The lowest BCUT2D eigenvalue weighted by atomic mass is 10.1. The van der Waals surface area contributed by atoms with E-state index < -0.39 is 35.9 Å². The Morgan fingerprint density at radius 3 is 2.53 bits per heavy atom. The van der Waals surface area contributed by atoms with E-state index in [2.05, 4.69) is 20.6 Å². The van der Waals surface area contributed by atoms with Gasteiger partial charge in [-0.15, -0.1) is 11.3 Å². The number of nitrogens with one attached hydrogen (secondary N) is 2. The van der Waals surface area contributed by atoms with E-state index in [1.165, 1.54) is 17.4 Å². The average molecular weight is 546 g/mol. The number of nitrogens with zero attached hydrogens (tertiary/aromatic N) is 3. The molecule has 0 aliphatic heterocycles. The first-order valence-corrected chi connectivity index (χ1v) is 12.8. The summed E-state index contributed by atoms with van der Waals surface area (Å²) in [5.74, 6) is 0.0480. The molecule has 0 amide bonds. The Morgan fingerprint density at radius 2 is 1.82 bits per heavy atom. The number of aromatic nitrogens is 3. The first kappa shape index (κ1) is 26.3. The number of hydrogen-bond donors (Lipinski definition) is 5. The Bertz CT molecular complexity index is 1410. The maximum absolute atomic E-state index is 13.1. The van der Waals surface area contributed by atoms with Gasteiger partial charge in [0.25, 0.3) is 0 Å². The van der Waals surface area contributed by atoms with E-state index in [-0.39, 0.29) is 19.1 Å². The number of thiazole rings is 1. The zero-order chi connectivity index (χ0) is 27.0. The van der Waals surface area contributed by atoms with Gasteiger partial charge in [0.05, 0.1) is 39.2 Å². The van der Waals surface area contributed by atoms with E-state index in [0.29, 0.717) is 34.1 Å². The molecule has 0 radical (unpaired) electrons. The summed E-state index contributed by atoms with van der Waals surface area (Å²) in [7, 11) is 0. The summed E-state index contributed by atoms with van der Waals surface area (Å²) in [6, 6.07) is 12.1. The van der Waals surface area contributed by atoms with E-state index in [9.17, 15) is 28.5 Å². The molecule has 0 saturated heterocycles. The van der Waals surface area contributed by atoms with Crippen LogP contribution < -0.4 is 10.6 Å². The predicted octanol–water partition coefficient (Wildman–Crippen LogP) is 4.21. The number of aryl methyl sites for hydroxylation is 1. The molecule has 0 spiro atoms. The summed E-state index contributed by atoms with van der Waals surface area (Å²) in [5.41, 5.74) is 1.66. The molecule has 1 saturated carbocycles. The molecule has 0 bridgehead atoms. The zero-order valence-corrected chi connectivity index (χ0v) is 21.1. The topological polar surface area (TPSA) is 123 Å². The molecule has 0 unspecified atom stereocenters. The number of aliphatic hydroxyl groups excluding tert-OH is 3. The smallest absolute Gasteiger partial charge is 0.396 e. The fraction of sp³-hybridized carbons (Fsp3) is 0.346. The lowest BCUT2D eigenvalue weighted by Crippen LogP contribution is -2.35. The van der Waals surface area contributed by atoms with Crippen LogP contribution in [0.2, 0.25) is 0 Å². The third-order valence-corrected chi connectivity index (χ3v) is 7.71. The van der Waals surface area contributed by atoms with Gasteiger partial charge in [-0.2, -0.15) is 18.2 Å². The van der Waals surface area contributed by atoms with Gasteiger partial charge < -0.3 is 26.0 Å².